The van der Waals surface area contributed by atoms with Gasteiger partial charge in [0.2, 0.25) is 0 Å². The first kappa shape index (κ1) is 17.5. The van der Waals surface area contributed by atoms with Crippen LogP contribution in [0.2, 0.25) is 0 Å². The van der Waals surface area contributed by atoms with Crippen LogP contribution in [0.4, 0.5) is 0 Å². The maximum atomic E-state index is 13.1. The number of rotatable bonds is 3. The quantitative estimate of drug-likeness (QED) is 0.753. The van der Waals surface area contributed by atoms with E-state index in [-0.39, 0.29) is 17.5 Å². The zero-order valence-corrected chi connectivity index (χ0v) is 15.9. The zero-order chi connectivity index (χ0) is 19.0. The minimum atomic E-state index is -0.247. The number of carbonyl (C=O) groups excluding carboxylic acids is 1. The molecule has 1 aliphatic rings. The number of hydrogen-bond donors (Lipinski definition) is 1. The minimum Gasteiger partial charge on any atom is -0.328 e. The Morgan fingerprint density at radius 1 is 1.33 bits per heavy atom. The molecule has 1 aliphatic heterocycles. The summed E-state index contributed by atoms with van der Waals surface area (Å²) in [6, 6.07) is 4.87. The van der Waals surface area contributed by atoms with Crippen LogP contribution in [0, 0.1) is 13.8 Å². The summed E-state index contributed by atoms with van der Waals surface area (Å²) in [6.45, 7) is 4.39. The van der Waals surface area contributed by atoms with Gasteiger partial charge < -0.3 is 9.88 Å². The second kappa shape index (κ2) is 7.03. The van der Waals surface area contributed by atoms with E-state index in [2.05, 4.69) is 19.9 Å². The van der Waals surface area contributed by atoms with Crippen molar-refractivity contribution in [3.8, 4) is 11.3 Å². The molecule has 0 aliphatic carbocycles. The van der Waals surface area contributed by atoms with Crippen LogP contribution in [0.1, 0.15) is 45.1 Å². The molecule has 1 N–H and O–H groups in total. The van der Waals surface area contributed by atoms with E-state index in [9.17, 15) is 9.59 Å². The van der Waals surface area contributed by atoms with E-state index >= 15 is 0 Å². The first-order valence-electron chi connectivity index (χ1n) is 8.79. The van der Waals surface area contributed by atoms with Crippen LogP contribution in [0.5, 0.6) is 0 Å². The standard InChI is InChI=1S/C19H19N5O2S/c1-11-17(27-12(2)21-11)19(26)24-8-4-6-15(24)18-22-14(9-16(25)23-18)13-5-3-7-20-10-13/h3,5,7,9-10,15H,4,6,8H2,1-2H3,(H,22,23,25)/t15-/m1/s1. The van der Waals surface area contributed by atoms with Crippen LogP contribution < -0.4 is 5.56 Å². The Labute approximate surface area is 160 Å². The SMILES string of the molecule is Cc1nc(C)c(C(=O)N2CCC[C@@H]2c2nc(-c3cccnc3)cc(=O)[nH]2)s1. The number of H-pyrrole nitrogens is 1. The lowest BCUT2D eigenvalue weighted by Crippen LogP contribution is -2.32. The van der Waals surface area contributed by atoms with Gasteiger partial charge in [-0.2, -0.15) is 0 Å². The molecule has 27 heavy (non-hydrogen) atoms. The van der Waals surface area contributed by atoms with Crippen molar-refractivity contribution in [3.05, 3.63) is 62.3 Å². The van der Waals surface area contributed by atoms with Gasteiger partial charge in [-0.15, -0.1) is 11.3 Å². The fourth-order valence-corrected chi connectivity index (χ4v) is 4.33. The summed E-state index contributed by atoms with van der Waals surface area (Å²) in [5.74, 6) is 0.473. The molecule has 1 atom stereocenters. The van der Waals surface area contributed by atoms with Gasteiger partial charge in [0.25, 0.3) is 11.5 Å². The average molecular weight is 381 g/mol. The molecular weight excluding hydrogens is 362 g/mol. The number of aryl methyl sites for hydroxylation is 2. The van der Waals surface area contributed by atoms with Crippen molar-refractivity contribution in [2.75, 3.05) is 6.54 Å². The lowest BCUT2D eigenvalue weighted by Gasteiger charge is -2.23. The third-order valence-corrected chi connectivity index (χ3v) is 5.71. The highest BCUT2D eigenvalue weighted by Crippen LogP contribution is 2.33. The van der Waals surface area contributed by atoms with Gasteiger partial charge in [-0.05, 0) is 38.8 Å². The number of aromatic amines is 1. The minimum absolute atomic E-state index is 0.0463. The van der Waals surface area contributed by atoms with Crippen LogP contribution in [0.3, 0.4) is 0 Å². The Bertz CT molecular complexity index is 1040. The molecule has 0 aromatic carbocycles. The predicted octanol–water partition coefficient (Wildman–Crippen LogP) is 2.88. The van der Waals surface area contributed by atoms with Gasteiger partial charge in [-0.25, -0.2) is 9.97 Å². The maximum Gasteiger partial charge on any atom is 0.266 e. The fraction of sp³-hybridized carbons (Fsp3) is 0.316. The molecule has 0 radical (unpaired) electrons. The van der Waals surface area contributed by atoms with Gasteiger partial charge in [0.15, 0.2) is 0 Å². The molecule has 1 amide bonds. The van der Waals surface area contributed by atoms with E-state index in [4.69, 9.17) is 0 Å². The fourth-order valence-electron chi connectivity index (χ4n) is 3.45. The normalized spacial score (nSPS) is 16.7. The second-order valence-corrected chi connectivity index (χ2v) is 7.76. The largest absolute Gasteiger partial charge is 0.328 e. The molecule has 8 heteroatoms. The summed E-state index contributed by atoms with van der Waals surface area (Å²) in [6.07, 6.45) is 4.98. The lowest BCUT2D eigenvalue weighted by atomic mass is 10.1. The summed E-state index contributed by atoms with van der Waals surface area (Å²) in [5.41, 5.74) is 1.85. The summed E-state index contributed by atoms with van der Waals surface area (Å²) in [7, 11) is 0. The number of pyridine rings is 1. The average Bonchev–Trinajstić information content (AvgIpc) is 3.28. The smallest absolute Gasteiger partial charge is 0.266 e. The molecule has 138 valence electrons. The van der Waals surface area contributed by atoms with Gasteiger partial charge in [0.1, 0.15) is 10.7 Å². The van der Waals surface area contributed by atoms with Crippen molar-refractivity contribution in [1.82, 2.24) is 24.8 Å². The molecule has 4 heterocycles. The maximum absolute atomic E-state index is 13.1. The highest BCUT2D eigenvalue weighted by molar-refractivity contribution is 7.13. The van der Waals surface area contributed by atoms with Crippen molar-refractivity contribution in [3.63, 3.8) is 0 Å². The number of likely N-dealkylation sites (tertiary alicyclic amines) is 1. The number of carbonyl (C=O) groups is 1. The topological polar surface area (TPSA) is 91.8 Å². The number of aromatic nitrogens is 4. The van der Waals surface area contributed by atoms with Crippen LogP contribution in [0.25, 0.3) is 11.3 Å². The van der Waals surface area contributed by atoms with Gasteiger partial charge in [0, 0.05) is 30.6 Å². The molecular formula is C19H19N5O2S. The molecule has 0 unspecified atom stereocenters. The van der Waals surface area contributed by atoms with Crippen LogP contribution in [-0.2, 0) is 0 Å². The molecule has 0 spiro atoms. The Hall–Kier alpha value is -2.87. The van der Waals surface area contributed by atoms with Gasteiger partial charge in [-0.1, -0.05) is 0 Å². The first-order valence-corrected chi connectivity index (χ1v) is 9.61. The van der Waals surface area contributed by atoms with E-state index in [0.717, 1.165) is 29.1 Å². The number of thiazole rings is 1. The molecule has 7 nitrogen and oxygen atoms in total. The number of nitrogens with zero attached hydrogens (tertiary/aromatic N) is 4. The highest BCUT2D eigenvalue weighted by atomic mass is 32.1. The van der Waals surface area contributed by atoms with Gasteiger partial charge in [-0.3, -0.25) is 14.6 Å². The first-order chi connectivity index (χ1) is 13.0. The molecule has 3 aromatic rings. The Kier molecular flexibility index (Phi) is 4.57. The monoisotopic (exact) mass is 381 g/mol. The van der Waals surface area contributed by atoms with Crippen molar-refractivity contribution in [1.29, 1.82) is 0 Å². The summed E-state index contributed by atoms with van der Waals surface area (Å²) < 4.78 is 0. The van der Waals surface area contributed by atoms with E-state index in [0.29, 0.717) is 22.9 Å². The Balaban J connectivity index is 1.70. The third-order valence-electron chi connectivity index (χ3n) is 4.64. The third kappa shape index (κ3) is 3.40. The van der Waals surface area contributed by atoms with E-state index in [1.807, 2.05) is 19.9 Å². The van der Waals surface area contributed by atoms with Crippen LogP contribution >= 0.6 is 11.3 Å². The summed E-state index contributed by atoms with van der Waals surface area (Å²) >= 11 is 1.41. The number of amides is 1. The molecule has 0 bridgehead atoms. The number of nitrogens with one attached hydrogen (secondary N) is 1. The second-order valence-electron chi connectivity index (χ2n) is 6.56. The van der Waals surface area contributed by atoms with E-state index in [1.54, 1.807) is 23.4 Å². The molecule has 1 fully saturated rings. The van der Waals surface area contributed by atoms with Crippen molar-refractivity contribution >= 4 is 17.2 Å². The summed E-state index contributed by atoms with van der Waals surface area (Å²) in [5, 5.41) is 0.872. The zero-order valence-electron chi connectivity index (χ0n) is 15.1. The van der Waals surface area contributed by atoms with Gasteiger partial charge >= 0.3 is 0 Å². The van der Waals surface area contributed by atoms with Crippen LogP contribution in [-0.4, -0.2) is 37.3 Å². The van der Waals surface area contributed by atoms with Crippen molar-refractivity contribution in [2.45, 2.75) is 32.7 Å². The van der Waals surface area contributed by atoms with Crippen molar-refractivity contribution in [2.24, 2.45) is 0 Å². The van der Waals surface area contributed by atoms with Crippen molar-refractivity contribution < 1.29 is 4.79 Å². The highest BCUT2D eigenvalue weighted by Gasteiger charge is 2.34. The Morgan fingerprint density at radius 3 is 2.89 bits per heavy atom. The summed E-state index contributed by atoms with van der Waals surface area (Å²) in [4.78, 5) is 43.7. The molecule has 1 saturated heterocycles. The van der Waals surface area contributed by atoms with E-state index in [1.165, 1.54) is 17.4 Å². The molecule has 0 saturated carbocycles. The number of hydrogen-bond acceptors (Lipinski definition) is 6. The molecule has 3 aromatic heterocycles. The predicted molar refractivity (Wildman–Crippen MR) is 103 cm³/mol. The molecule has 4 rings (SSSR count). The lowest BCUT2D eigenvalue weighted by molar-refractivity contribution is 0.0733. The Morgan fingerprint density at radius 2 is 2.19 bits per heavy atom. The van der Waals surface area contributed by atoms with Gasteiger partial charge in [0.05, 0.1) is 22.4 Å². The van der Waals surface area contributed by atoms with Crippen LogP contribution in [0.15, 0.2) is 35.4 Å². The van der Waals surface area contributed by atoms with E-state index < -0.39 is 0 Å².